The summed E-state index contributed by atoms with van der Waals surface area (Å²) >= 11 is 0. The van der Waals surface area contributed by atoms with Crippen LogP contribution in [0.15, 0.2) is 0 Å². The van der Waals surface area contributed by atoms with Crippen LogP contribution in [0.2, 0.25) is 0 Å². The SMILES string of the molecule is NCCCCC(N)C(=O)NC(CC(N)=O)C(=O)NC(CCC(N)=O)C(=O)NC(CCC(=O)O)C(=O)O. The van der Waals surface area contributed by atoms with Gasteiger partial charge in [0.15, 0.2) is 0 Å². The zero-order valence-corrected chi connectivity index (χ0v) is 19.7. The number of carboxylic acids is 2. The van der Waals surface area contributed by atoms with Crippen LogP contribution in [-0.4, -0.2) is 82.4 Å². The van der Waals surface area contributed by atoms with Gasteiger partial charge in [0.1, 0.15) is 18.1 Å². The molecule has 0 aromatic heterocycles. The molecule has 0 saturated carbocycles. The number of carbonyl (C=O) groups excluding carboxylic acids is 5. The van der Waals surface area contributed by atoms with Crippen molar-refractivity contribution in [3.05, 3.63) is 0 Å². The summed E-state index contributed by atoms with van der Waals surface area (Å²) in [5, 5.41) is 24.6. The first-order valence-electron chi connectivity index (χ1n) is 11.2. The molecule has 4 unspecified atom stereocenters. The number of nitrogens with one attached hydrogen (secondary N) is 3. The van der Waals surface area contributed by atoms with E-state index in [-0.39, 0.29) is 19.3 Å². The molecule has 5 amide bonds. The molecule has 0 aliphatic heterocycles. The molecule has 4 atom stereocenters. The van der Waals surface area contributed by atoms with Gasteiger partial charge in [-0.25, -0.2) is 4.79 Å². The second-order valence-corrected chi connectivity index (χ2v) is 8.02. The lowest BCUT2D eigenvalue weighted by atomic mass is 10.1. The minimum Gasteiger partial charge on any atom is -0.481 e. The molecular formula is C20H35N7O9. The Balaban J connectivity index is 5.53. The van der Waals surface area contributed by atoms with Crippen molar-refractivity contribution in [1.29, 1.82) is 0 Å². The minimum absolute atomic E-state index is 0.254. The number of primary amides is 2. The van der Waals surface area contributed by atoms with Crippen molar-refractivity contribution in [2.75, 3.05) is 6.54 Å². The Morgan fingerprint density at radius 2 is 1.19 bits per heavy atom. The quantitative estimate of drug-likeness (QED) is 0.0743. The third-order valence-electron chi connectivity index (χ3n) is 4.92. The van der Waals surface area contributed by atoms with Crippen LogP contribution in [-0.2, 0) is 33.6 Å². The van der Waals surface area contributed by atoms with Gasteiger partial charge in [0.25, 0.3) is 0 Å². The number of carboxylic acid groups (broad SMARTS) is 2. The normalized spacial score (nSPS) is 13.9. The molecule has 204 valence electrons. The fourth-order valence-electron chi connectivity index (χ4n) is 2.95. The van der Waals surface area contributed by atoms with E-state index in [1.54, 1.807) is 0 Å². The van der Waals surface area contributed by atoms with Gasteiger partial charge in [-0.15, -0.1) is 0 Å². The van der Waals surface area contributed by atoms with Gasteiger partial charge in [0.2, 0.25) is 29.5 Å². The molecule has 0 rings (SSSR count). The Bertz CT molecular complexity index is 821. The van der Waals surface area contributed by atoms with Crippen LogP contribution >= 0.6 is 0 Å². The summed E-state index contributed by atoms with van der Waals surface area (Å²) in [6.07, 6.45) is -0.980. The van der Waals surface area contributed by atoms with E-state index in [9.17, 15) is 38.7 Å². The molecule has 0 radical (unpaired) electrons. The predicted molar refractivity (Wildman–Crippen MR) is 123 cm³/mol. The maximum atomic E-state index is 12.8. The highest BCUT2D eigenvalue weighted by molar-refractivity contribution is 5.96. The standard InChI is InChI=1S/C20H35N7O9/c21-8-2-1-3-10(22)17(32)27-13(9-15(24)29)19(34)25-11(4-6-14(23)28)18(33)26-12(20(35)36)5-7-16(30)31/h10-13H,1-9,21-22H2,(H2,23,28)(H2,24,29)(H,25,34)(H,26,33)(H,27,32)(H,30,31)(H,35,36). The fourth-order valence-corrected chi connectivity index (χ4v) is 2.95. The zero-order valence-electron chi connectivity index (χ0n) is 19.7. The van der Waals surface area contributed by atoms with E-state index in [0.29, 0.717) is 19.4 Å². The maximum Gasteiger partial charge on any atom is 0.326 e. The Labute approximate surface area is 206 Å². The van der Waals surface area contributed by atoms with Crippen molar-refractivity contribution in [1.82, 2.24) is 16.0 Å². The molecule has 0 aliphatic carbocycles. The highest BCUT2D eigenvalue weighted by atomic mass is 16.4. The Hall–Kier alpha value is -3.79. The Kier molecular flexibility index (Phi) is 15.0. The summed E-state index contributed by atoms with van der Waals surface area (Å²) in [7, 11) is 0. The summed E-state index contributed by atoms with van der Waals surface area (Å²) in [6.45, 7) is 0.398. The summed E-state index contributed by atoms with van der Waals surface area (Å²) in [5.74, 6) is -7.43. The predicted octanol–water partition coefficient (Wildman–Crippen LogP) is -4.01. The number of rotatable bonds is 19. The van der Waals surface area contributed by atoms with Gasteiger partial charge in [-0.05, 0) is 32.2 Å². The van der Waals surface area contributed by atoms with Crippen molar-refractivity contribution in [3.8, 4) is 0 Å². The molecule has 0 saturated heterocycles. The smallest absolute Gasteiger partial charge is 0.326 e. The van der Waals surface area contributed by atoms with E-state index in [1.165, 1.54) is 0 Å². The number of unbranched alkanes of at least 4 members (excludes halogenated alkanes) is 1. The first kappa shape index (κ1) is 32.2. The van der Waals surface area contributed by atoms with Crippen LogP contribution in [0, 0.1) is 0 Å². The second kappa shape index (κ2) is 16.8. The molecule has 16 heteroatoms. The van der Waals surface area contributed by atoms with Crippen molar-refractivity contribution in [2.45, 2.75) is 75.5 Å². The number of carbonyl (C=O) groups is 7. The lowest BCUT2D eigenvalue weighted by Crippen LogP contribution is -2.57. The first-order chi connectivity index (χ1) is 16.8. The third-order valence-corrected chi connectivity index (χ3v) is 4.92. The monoisotopic (exact) mass is 517 g/mol. The molecule has 0 aromatic rings. The highest BCUT2D eigenvalue weighted by Gasteiger charge is 2.31. The molecule has 0 fully saturated rings. The lowest BCUT2D eigenvalue weighted by Gasteiger charge is -2.24. The van der Waals surface area contributed by atoms with E-state index < -0.39 is 84.9 Å². The molecule has 13 N–H and O–H groups in total. The van der Waals surface area contributed by atoms with Crippen LogP contribution in [0.25, 0.3) is 0 Å². The minimum atomic E-state index is -1.60. The van der Waals surface area contributed by atoms with E-state index in [1.807, 2.05) is 0 Å². The lowest BCUT2D eigenvalue weighted by molar-refractivity contribution is -0.143. The number of hydrogen-bond donors (Lipinski definition) is 9. The van der Waals surface area contributed by atoms with Gasteiger partial charge in [0.05, 0.1) is 12.5 Å². The maximum absolute atomic E-state index is 12.8. The van der Waals surface area contributed by atoms with Crippen LogP contribution < -0.4 is 38.9 Å². The molecule has 0 heterocycles. The largest absolute Gasteiger partial charge is 0.481 e. The van der Waals surface area contributed by atoms with Crippen LogP contribution in [0.4, 0.5) is 0 Å². The molecule has 0 aliphatic rings. The van der Waals surface area contributed by atoms with Gasteiger partial charge in [0, 0.05) is 12.8 Å². The van der Waals surface area contributed by atoms with E-state index in [4.69, 9.17) is 28.0 Å². The third kappa shape index (κ3) is 13.8. The van der Waals surface area contributed by atoms with Crippen molar-refractivity contribution in [3.63, 3.8) is 0 Å². The van der Waals surface area contributed by atoms with Crippen LogP contribution in [0.1, 0.15) is 51.4 Å². The van der Waals surface area contributed by atoms with Crippen molar-refractivity contribution < 1.29 is 43.8 Å². The molecular weight excluding hydrogens is 482 g/mol. The van der Waals surface area contributed by atoms with Gasteiger partial charge < -0.3 is 49.1 Å². The molecule has 36 heavy (non-hydrogen) atoms. The molecule has 0 aromatic carbocycles. The molecule has 0 spiro atoms. The van der Waals surface area contributed by atoms with Gasteiger partial charge in [-0.3, -0.25) is 28.8 Å². The second-order valence-electron chi connectivity index (χ2n) is 8.02. The van der Waals surface area contributed by atoms with E-state index in [0.717, 1.165) is 0 Å². The zero-order chi connectivity index (χ0) is 27.8. The molecule has 0 bridgehead atoms. The summed E-state index contributed by atoms with van der Waals surface area (Å²) in [4.78, 5) is 82.6. The number of hydrogen-bond acceptors (Lipinski definition) is 9. The average Bonchev–Trinajstić information content (AvgIpc) is 2.77. The van der Waals surface area contributed by atoms with Crippen LogP contribution in [0.3, 0.4) is 0 Å². The van der Waals surface area contributed by atoms with Gasteiger partial charge in [-0.2, -0.15) is 0 Å². The average molecular weight is 518 g/mol. The number of aliphatic carboxylic acids is 2. The van der Waals surface area contributed by atoms with E-state index >= 15 is 0 Å². The number of amides is 5. The number of nitrogens with two attached hydrogens (primary N) is 4. The summed E-state index contributed by atoms with van der Waals surface area (Å²) in [6, 6.07) is -5.66. The Morgan fingerprint density at radius 3 is 1.69 bits per heavy atom. The fraction of sp³-hybridized carbons (Fsp3) is 0.650. The first-order valence-corrected chi connectivity index (χ1v) is 11.2. The van der Waals surface area contributed by atoms with E-state index in [2.05, 4.69) is 16.0 Å². The Morgan fingerprint density at radius 1 is 0.667 bits per heavy atom. The van der Waals surface area contributed by atoms with Crippen molar-refractivity contribution >= 4 is 41.5 Å². The topological polar surface area (TPSA) is 300 Å². The molecule has 16 nitrogen and oxygen atoms in total. The van der Waals surface area contributed by atoms with Crippen molar-refractivity contribution in [2.24, 2.45) is 22.9 Å². The summed E-state index contributed by atoms with van der Waals surface area (Å²) < 4.78 is 0. The highest BCUT2D eigenvalue weighted by Crippen LogP contribution is 2.05. The van der Waals surface area contributed by atoms with Gasteiger partial charge in [-0.1, -0.05) is 6.42 Å². The van der Waals surface area contributed by atoms with Crippen LogP contribution in [0.5, 0.6) is 0 Å². The summed E-state index contributed by atoms with van der Waals surface area (Å²) in [5.41, 5.74) is 21.4. The van der Waals surface area contributed by atoms with Gasteiger partial charge >= 0.3 is 11.9 Å².